The third-order valence-electron chi connectivity index (χ3n) is 7.13. The number of rotatable bonds is 4. The largest absolute Gasteiger partial charge is 0.459 e. The van der Waals surface area contributed by atoms with E-state index >= 15 is 0 Å². The van der Waals surface area contributed by atoms with Crippen molar-refractivity contribution in [2.24, 2.45) is 0 Å². The molecule has 2 aromatic heterocycles. The number of morpholine rings is 1. The molecular formula is C25H27N7O4. The maximum Gasteiger partial charge on any atom is 0.338 e. The van der Waals surface area contributed by atoms with E-state index in [0.717, 1.165) is 36.2 Å². The van der Waals surface area contributed by atoms with Gasteiger partial charge in [0.05, 0.1) is 30.7 Å². The maximum atomic E-state index is 13.0. The van der Waals surface area contributed by atoms with E-state index in [9.17, 15) is 9.59 Å². The lowest BCUT2D eigenvalue weighted by Crippen LogP contribution is -2.59. The minimum absolute atomic E-state index is 0.0492. The van der Waals surface area contributed by atoms with Crippen LogP contribution in [0.2, 0.25) is 0 Å². The van der Waals surface area contributed by atoms with E-state index in [1.54, 1.807) is 12.3 Å². The van der Waals surface area contributed by atoms with Crippen molar-refractivity contribution >= 4 is 11.9 Å². The predicted octanol–water partition coefficient (Wildman–Crippen LogP) is 0.986. The molecule has 0 radical (unpaired) electrons. The zero-order chi connectivity index (χ0) is 24.6. The molecule has 3 aromatic rings. The Labute approximate surface area is 208 Å². The van der Waals surface area contributed by atoms with Crippen molar-refractivity contribution in [2.75, 3.05) is 32.8 Å². The lowest BCUT2D eigenvalue weighted by atomic mass is 9.94. The molecular weight excluding hydrogens is 462 g/mol. The Bertz CT molecular complexity index is 1260. The zero-order valence-electron chi connectivity index (χ0n) is 20.0. The van der Waals surface area contributed by atoms with Crippen LogP contribution in [0.25, 0.3) is 5.82 Å². The van der Waals surface area contributed by atoms with E-state index < -0.39 is 0 Å². The highest BCUT2D eigenvalue weighted by atomic mass is 16.5. The van der Waals surface area contributed by atoms with E-state index in [4.69, 9.17) is 9.47 Å². The Balaban J connectivity index is 1.05. The monoisotopic (exact) mass is 489 g/mol. The van der Waals surface area contributed by atoms with E-state index in [1.165, 1.54) is 11.0 Å². The Morgan fingerprint density at radius 1 is 1.17 bits per heavy atom. The second-order valence-corrected chi connectivity index (χ2v) is 9.60. The number of nitrogens with zero attached hydrogens (tertiary/aromatic N) is 7. The molecule has 1 aromatic carbocycles. The van der Waals surface area contributed by atoms with Gasteiger partial charge in [-0.2, -0.15) is 4.68 Å². The van der Waals surface area contributed by atoms with Crippen molar-refractivity contribution in [2.45, 2.75) is 38.0 Å². The molecule has 3 aliphatic heterocycles. The second-order valence-electron chi connectivity index (χ2n) is 9.60. The summed E-state index contributed by atoms with van der Waals surface area (Å²) in [5, 5.41) is 11.0. The van der Waals surface area contributed by atoms with Crippen LogP contribution in [-0.4, -0.2) is 91.8 Å². The fraction of sp³-hybridized carbons (Fsp3) is 0.440. The molecule has 1 amide bonds. The smallest absolute Gasteiger partial charge is 0.338 e. The van der Waals surface area contributed by atoms with Crippen molar-refractivity contribution in [1.29, 1.82) is 0 Å². The number of esters is 1. The molecule has 3 aliphatic rings. The summed E-state index contributed by atoms with van der Waals surface area (Å²) in [7, 11) is 0. The van der Waals surface area contributed by atoms with Gasteiger partial charge in [-0.1, -0.05) is 18.2 Å². The number of hydrogen-bond donors (Lipinski definition) is 0. The van der Waals surface area contributed by atoms with Crippen molar-refractivity contribution in [3.63, 3.8) is 0 Å². The van der Waals surface area contributed by atoms with Gasteiger partial charge in [0.1, 0.15) is 12.4 Å². The number of fused-ring (bicyclic) bond motifs is 2. The van der Waals surface area contributed by atoms with Crippen molar-refractivity contribution in [1.82, 2.24) is 35.0 Å². The molecule has 36 heavy (non-hydrogen) atoms. The van der Waals surface area contributed by atoms with Gasteiger partial charge in [-0.3, -0.25) is 9.69 Å². The summed E-state index contributed by atoms with van der Waals surface area (Å²) < 4.78 is 13.1. The quantitative estimate of drug-likeness (QED) is 0.495. The molecule has 2 saturated heterocycles. The SMILES string of the molecule is C[C@H]1Cc2cc([C@@H]3CN4CCN(C(=O)Cc5ccc(-n6cnnn6)nc5)C[C@H]4CO3)ccc2C(=O)O1. The third-order valence-corrected chi connectivity index (χ3v) is 7.13. The molecule has 3 atom stereocenters. The summed E-state index contributed by atoms with van der Waals surface area (Å²) in [5.41, 5.74) is 3.62. The molecule has 11 heteroatoms. The van der Waals surface area contributed by atoms with Crippen molar-refractivity contribution in [3.05, 3.63) is 65.1 Å². The highest BCUT2D eigenvalue weighted by Gasteiger charge is 2.36. The summed E-state index contributed by atoms with van der Waals surface area (Å²) in [5.74, 6) is 0.441. The summed E-state index contributed by atoms with van der Waals surface area (Å²) in [6.07, 6.45) is 4.04. The maximum absolute atomic E-state index is 13.0. The number of amides is 1. The van der Waals surface area contributed by atoms with Crippen molar-refractivity contribution in [3.8, 4) is 5.82 Å². The van der Waals surface area contributed by atoms with Gasteiger partial charge in [0.25, 0.3) is 0 Å². The third kappa shape index (κ3) is 4.47. The summed E-state index contributed by atoms with van der Waals surface area (Å²) in [6, 6.07) is 9.78. The Kier molecular flexibility index (Phi) is 5.94. The van der Waals surface area contributed by atoms with Gasteiger partial charge in [0.2, 0.25) is 5.91 Å². The number of aromatic nitrogens is 5. The van der Waals surface area contributed by atoms with E-state index in [1.807, 2.05) is 30.0 Å². The van der Waals surface area contributed by atoms with Gasteiger partial charge in [0, 0.05) is 38.8 Å². The van der Waals surface area contributed by atoms with Gasteiger partial charge in [-0.15, -0.1) is 5.10 Å². The molecule has 186 valence electrons. The molecule has 0 unspecified atom stereocenters. The van der Waals surface area contributed by atoms with Crippen molar-refractivity contribution < 1.29 is 19.1 Å². The van der Waals surface area contributed by atoms with Crippen LogP contribution in [-0.2, 0) is 27.1 Å². The summed E-state index contributed by atoms with van der Waals surface area (Å²) in [6.45, 7) is 5.39. The van der Waals surface area contributed by atoms with Gasteiger partial charge in [-0.05, 0) is 46.2 Å². The summed E-state index contributed by atoms with van der Waals surface area (Å²) in [4.78, 5) is 33.8. The molecule has 0 bridgehead atoms. The molecule has 0 saturated carbocycles. The fourth-order valence-electron chi connectivity index (χ4n) is 5.20. The standard InChI is InChI=1S/C25H27N7O4/c1-16-8-19-10-18(3-4-21(19)25(34)36-16)22-13-30-6-7-31(12-20(30)14-35-22)24(33)9-17-2-5-23(26-11-17)32-15-27-28-29-32/h2-5,10-11,15-16,20,22H,6-9,12-14H2,1H3/t16-,20-,22-/m0/s1. The number of benzene rings is 1. The number of tetrazole rings is 1. The zero-order valence-corrected chi connectivity index (χ0v) is 20.0. The Morgan fingerprint density at radius 3 is 2.89 bits per heavy atom. The molecule has 6 rings (SSSR count). The first-order valence-corrected chi connectivity index (χ1v) is 12.2. The number of pyridine rings is 1. The molecule has 0 spiro atoms. The van der Waals surface area contributed by atoms with Crippen LogP contribution in [0.4, 0.5) is 0 Å². The van der Waals surface area contributed by atoms with Gasteiger partial charge < -0.3 is 14.4 Å². The minimum atomic E-state index is -0.250. The van der Waals surface area contributed by atoms with Crippen LogP contribution in [0.5, 0.6) is 0 Å². The first kappa shape index (κ1) is 22.7. The van der Waals surface area contributed by atoms with E-state index in [-0.39, 0.29) is 30.1 Å². The lowest BCUT2D eigenvalue weighted by molar-refractivity contribution is -0.139. The average Bonchev–Trinajstić information content (AvgIpc) is 3.43. The van der Waals surface area contributed by atoms with Gasteiger partial charge in [0.15, 0.2) is 5.82 Å². The number of cyclic esters (lactones) is 1. The average molecular weight is 490 g/mol. The van der Waals surface area contributed by atoms with Crippen LogP contribution < -0.4 is 0 Å². The number of ether oxygens (including phenoxy) is 2. The van der Waals surface area contributed by atoms with Crippen LogP contribution >= 0.6 is 0 Å². The minimum Gasteiger partial charge on any atom is -0.459 e. The highest BCUT2D eigenvalue weighted by molar-refractivity contribution is 5.92. The van der Waals surface area contributed by atoms with E-state index in [0.29, 0.717) is 37.5 Å². The molecule has 0 N–H and O–H groups in total. The molecule has 2 fully saturated rings. The Morgan fingerprint density at radius 2 is 2.08 bits per heavy atom. The van der Waals surface area contributed by atoms with Crippen LogP contribution in [0.15, 0.2) is 42.9 Å². The normalized spacial score (nSPS) is 24.1. The lowest BCUT2D eigenvalue weighted by Gasteiger charge is -2.46. The fourth-order valence-corrected chi connectivity index (χ4v) is 5.20. The predicted molar refractivity (Wildman–Crippen MR) is 126 cm³/mol. The van der Waals surface area contributed by atoms with Crippen LogP contribution in [0.1, 0.15) is 40.1 Å². The van der Waals surface area contributed by atoms with Gasteiger partial charge >= 0.3 is 5.97 Å². The molecule has 5 heterocycles. The van der Waals surface area contributed by atoms with Crippen LogP contribution in [0.3, 0.4) is 0 Å². The Hall–Kier alpha value is -3.70. The number of piperazine rings is 1. The highest BCUT2D eigenvalue weighted by Crippen LogP contribution is 2.30. The van der Waals surface area contributed by atoms with Crippen LogP contribution in [0, 0.1) is 0 Å². The molecule has 11 nitrogen and oxygen atoms in total. The number of carbonyl (C=O) groups is 2. The first-order valence-electron chi connectivity index (χ1n) is 12.2. The van der Waals surface area contributed by atoms with E-state index in [2.05, 4.69) is 31.5 Å². The second kappa shape index (κ2) is 9.40. The number of carbonyl (C=O) groups excluding carboxylic acids is 2. The summed E-state index contributed by atoms with van der Waals surface area (Å²) >= 11 is 0. The topological polar surface area (TPSA) is 116 Å². The van der Waals surface area contributed by atoms with Gasteiger partial charge in [-0.25, -0.2) is 9.78 Å². The number of hydrogen-bond acceptors (Lipinski definition) is 9. The first-order chi connectivity index (χ1) is 17.5. The molecule has 0 aliphatic carbocycles.